The van der Waals surface area contributed by atoms with Gasteiger partial charge in [-0.1, -0.05) is 30.2 Å². The summed E-state index contributed by atoms with van der Waals surface area (Å²) in [5.41, 5.74) is 0.0262. The van der Waals surface area contributed by atoms with Gasteiger partial charge in [-0.2, -0.15) is 4.31 Å². The summed E-state index contributed by atoms with van der Waals surface area (Å²) in [5, 5.41) is 0.374. The Morgan fingerprint density at radius 2 is 1.66 bits per heavy atom. The third-order valence-electron chi connectivity index (χ3n) is 9.03. The van der Waals surface area contributed by atoms with Gasteiger partial charge in [0.2, 0.25) is 10.0 Å². The molecule has 3 fully saturated rings. The molecule has 0 unspecified atom stereocenters. The Bertz CT molecular complexity index is 1330. The number of hydrogen-bond donors (Lipinski definition) is 0. The third kappa shape index (κ3) is 6.40. The standard InChI is InChI=1S/C30H38ClF2N3O4S/c1-30(35-17-3-2-4-18-35)15-19-34(20-16-30)29(37)40-21-23-7-5-10-27(25-8-6-9-26(32)28(25)33)36(23)41(38,39)24-13-11-22(31)12-14-24/h6,8-9,11-14,23,27H,2-5,7,10,15-21H2,1H3/t23-,27+/m1/s1. The SMILES string of the molecule is CC1(N2CCCCC2)CCN(C(=O)OC[C@H]2CCC[C@@H](c3cccc(F)c3F)N2S(=O)(=O)c2ccc(Cl)cc2)CC1. The summed E-state index contributed by atoms with van der Waals surface area (Å²) >= 11 is 5.99. The molecule has 2 atom stereocenters. The highest BCUT2D eigenvalue weighted by Gasteiger charge is 2.43. The summed E-state index contributed by atoms with van der Waals surface area (Å²) in [5.74, 6) is -2.11. The largest absolute Gasteiger partial charge is 0.448 e. The molecule has 0 saturated carbocycles. The summed E-state index contributed by atoms with van der Waals surface area (Å²) in [6, 6.07) is 7.82. The van der Waals surface area contributed by atoms with Gasteiger partial charge in [0.25, 0.3) is 0 Å². The number of ether oxygens (including phenoxy) is 1. The average molecular weight is 610 g/mol. The number of sulfonamides is 1. The molecule has 41 heavy (non-hydrogen) atoms. The van der Waals surface area contributed by atoms with Crippen molar-refractivity contribution in [2.24, 2.45) is 0 Å². The Balaban J connectivity index is 1.33. The zero-order valence-electron chi connectivity index (χ0n) is 23.4. The molecule has 3 aliphatic rings. The number of carbonyl (C=O) groups excluding carboxylic acids is 1. The quantitative estimate of drug-likeness (QED) is 0.380. The first-order valence-corrected chi connectivity index (χ1v) is 16.3. The maximum absolute atomic E-state index is 15.0. The van der Waals surface area contributed by atoms with Gasteiger partial charge in [-0.05, 0) is 95.3 Å². The molecule has 0 aliphatic carbocycles. The predicted molar refractivity (Wildman–Crippen MR) is 153 cm³/mol. The molecule has 2 aromatic carbocycles. The van der Waals surface area contributed by atoms with E-state index in [1.807, 2.05) is 0 Å². The van der Waals surface area contributed by atoms with Crippen LogP contribution in [0, 0.1) is 11.6 Å². The van der Waals surface area contributed by atoms with Gasteiger partial charge in [0, 0.05) is 29.2 Å². The van der Waals surface area contributed by atoms with Crippen LogP contribution in [0.2, 0.25) is 5.02 Å². The summed E-state index contributed by atoms with van der Waals surface area (Å²) in [4.78, 5) is 17.4. The summed E-state index contributed by atoms with van der Waals surface area (Å²) in [7, 11) is -4.18. The highest BCUT2D eigenvalue weighted by atomic mass is 35.5. The van der Waals surface area contributed by atoms with Gasteiger partial charge in [-0.25, -0.2) is 22.0 Å². The Morgan fingerprint density at radius 3 is 2.34 bits per heavy atom. The fourth-order valence-electron chi connectivity index (χ4n) is 6.55. The number of piperidine rings is 3. The molecule has 2 aromatic rings. The number of benzene rings is 2. The van der Waals surface area contributed by atoms with Gasteiger partial charge < -0.3 is 9.64 Å². The number of amides is 1. The van der Waals surface area contributed by atoms with E-state index < -0.39 is 39.8 Å². The highest BCUT2D eigenvalue weighted by Crippen LogP contribution is 2.40. The summed E-state index contributed by atoms with van der Waals surface area (Å²) in [6.07, 6.45) is 6.19. The second-order valence-corrected chi connectivity index (χ2v) is 13.9. The van der Waals surface area contributed by atoms with Crippen molar-refractivity contribution in [1.82, 2.24) is 14.1 Å². The first kappa shape index (κ1) is 30.2. The minimum Gasteiger partial charge on any atom is -0.448 e. The smallest absolute Gasteiger partial charge is 0.409 e. The molecule has 0 radical (unpaired) electrons. The number of carbonyl (C=O) groups is 1. The van der Waals surface area contributed by atoms with E-state index >= 15 is 0 Å². The molecule has 0 bridgehead atoms. The second kappa shape index (κ2) is 12.5. The highest BCUT2D eigenvalue weighted by molar-refractivity contribution is 7.89. The molecule has 3 heterocycles. The zero-order chi connectivity index (χ0) is 29.2. The van der Waals surface area contributed by atoms with Crippen LogP contribution >= 0.6 is 11.6 Å². The topological polar surface area (TPSA) is 70.2 Å². The van der Waals surface area contributed by atoms with E-state index in [9.17, 15) is 22.0 Å². The molecular weight excluding hydrogens is 572 g/mol. The van der Waals surface area contributed by atoms with Gasteiger partial charge in [-0.3, -0.25) is 4.90 Å². The minimum absolute atomic E-state index is 0.0185. The van der Waals surface area contributed by atoms with Crippen molar-refractivity contribution in [1.29, 1.82) is 0 Å². The maximum atomic E-state index is 15.0. The molecule has 0 N–H and O–H groups in total. The van der Waals surface area contributed by atoms with Crippen molar-refractivity contribution >= 4 is 27.7 Å². The monoisotopic (exact) mass is 609 g/mol. The number of hydrogen-bond acceptors (Lipinski definition) is 5. The van der Waals surface area contributed by atoms with Gasteiger partial charge in [0.15, 0.2) is 11.6 Å². The van der Waals surface area contributed by atoms with Crippen LogP contribution < -0.4 is 0 Å². The van der Waals surface area contributed by atoms with E-state index in [0.29, 0.717) is 37.4 Å². The lowest BCUT2D eigenvalue weighted by atomic mass is 9.86. The van der Waals surface area contributed by atoms with E-state index in [1.54, 1.807) is 4.90 Å². The number of halogens is 3. The number of likely N-dealkylation sites (tertiary alicyclic amines) is 2. The molecule has 224 valence electrons. The van der Waals surface area contributed by atoms with Crippen molar-refractivity contribution in [3.05, 3.63) is 64.7 Å². The lowest BCUT2D eigenvalue weighted by Gasteiger charge is -2.48. The van der Waals surface area contributed by atoms with Crippen molar-refractivity contribution in [3.8, 4) is 0 Å². The second-order valence-electron chi connectivity index (χ2n) is 11.6. The van der Waals surface area contributed by atoms with E-state index in [-0.39, 0.29) is 22.6 Å². The molecule has 5 rings (SSSR count). The molecule has 0 spiro atoms. The molecule has 11 heteroatoms. The molecule has 7 nitrogen and oxygen atoms in total. The van der Waals surface area contributed by atoms with E-state index in [0.717, 1.165) is 32.0 Å². The Labute approximate surface area is 246 Å². The molecular formula is C30H38ClF2N3O4S. The Hall–Kier alpha value is -2.27. The zero-order valence-corrected chi connectivity index (χ0v) is 25.0. The lowest BCUT2D eigenvalue weighted by Crippen LogP contribution is -2.56. The van der Waals surface area contributed by atoms with Crippen molar-refractivity contribution in [2.75, 3.05) is 32.8 Å². The van der Waals surface area contributed by atoms with Gasteiger partial charge >= 0.3 is 6.09 Å². The first-order chi connectivity index (χ1) is 19.6. The van der Waals surface area contributed by atoms with Crippen molar-refractivity contribution in [3.63, 3.8) is 0 Å². The van der Waals surface area contributed by atoms with Gasteiger partial charge in [0.1, 0.15) is 6.61 Å². The van der Waals surface area contributed by atoms with Crippen LogP contribution in [0.3, 0.4) is 0 Å². The van der Waals surface area contributed by atoms with Crippen LogP contribution in [-0.4, -0.2) is 73.0 Å². The molecule has 1 amide bonds. The average Bonchev–Trinajstić information content (AvgIpc) is 2.98. The van der Waals surface area contributed by atoms with Crippen LogP contribution in [0.4, 0.5) is 13.6 Å². The maximum Gasteiger partial charge on any atom is 0.409 e. The van der Waals surface area contributed by atoms with Crippen LogP contribution in [0.5, 0.6) is 0 Å². The van der Waals surface area contributed by atoms with Crippen molar-refractivity contribution < 1.29 is 26.7 Å². The van der Waals surface area contributed by atoms with E-state index in [2.05, 4.69) is 11.8 Å². The Morgan fingerprint density at radius 1 is 0.976 bits per heavy atom. The number of nitrogens with zero attached hydrogens (tertiary/aromatic N) is 3. The predicted octanol–water partition coefficient (Wildman–Crippen LogP) is 6.38. The molecule has 3 aliphatic heterocycles. The fraction of sp³-hybridized carbons (Fsp3) is 0.567. The Kier molecular flexibility index (Phi) is 9.23. The summed E-state index contributed by atoms with van der Waals surface area (Å²) < 4.78 is 64.1. The van der Waals surface area contributed by atoms with E-state index in [4.69, 9.17) is 16.3 Å². The molecule has 3 saturated heterocycles. The van der Waals surface area contributed by atoms with Crippen LogP contribution in [0.1, 0.15) is 69.9 Å². The van der Waals surface area contributed by atoms with Crippen LogP contribution in [0.25, 0.3) is 0 Å². The van der Waals surface area contributed by atoms with Gasteiger partial charge in [-0.15, -0.1) is 0 Å². The van der Waals surface area contributed by atoms with Crippen LogP contribution in [-0.2, 0) is 14.8 Å². The van der Waals surface area contributed by atoms with Gasteiger partial charge in [0.05, 0.1) is 17.0 Å². The lowest BCUT2D eigenvalue weighted by molar-refractivity contribution is 0.0113. The molecule has 0 aromatic heterocycles. The normalized spacial score (nSPS) is 24.2. The summed E-state index contributed by atoms with van der Waals surface area (Å²) in [6.45, 7) is 5.41. The van der Waals surface area contributed by atoms with E-state index in [1.165, 1.54) is 60.0 Å². The van der Waals surface area contributed by atoms with Crippen molar-refractivity contribution in [2.45, 2.75) is 80.8 Å². The first-order valence-electron chi connectivity index (χ1n) is 14.5. The van der Waals surface area contributed by atoms with Crippen LogP contribution in [0.15, 0.2) is 47.4 Å². The third-order valence-corrected chi connectivity index (χ3v) is 11.3. The minimum atomic E-state index is -4.18. The number of rotatable bonds is 6. The fourth-order valence-corrected chi connectivity index (χ4v) is 8.52.